The fraction of sp³-hybridized carbons (Fsp3) is 0.900. The number of nitrogens with zero attached hydrogens (tertiary/aromatic N) is 1. The van der Waals surface area contributed by atoms with Crippen molar-refractivity contribution in [1.82, 2.24) is 4.90 Å². The van der Waals surface area contributed by atoms with Crippen LogP contribution in [0.4, 0.5) is 0 Å². The summed E-state index contributed by atoms with van der Waals surface area (Å²) in [6.07, 6.45) is 2.34. The molecule has 0 aromatic rings. The highest BCUT2D eigenvalue weighted by molar-refractivity contribution is 5.81. The van der Waals surface area contributed by atoms with Crippen molar-refractivity contribution in [2.45, 2.75) is 45.7 Å². The molecule has 76 valence electrons. The van der Waals surface area contributed by atoms with Crippen LogP contribution in [0.3, 0.4) is 0 Å². The molecule has 1 saturated heterocycles. The summed E-state index contributed by atoms with van der Waals surface area (Å²) in [5.74, 6) is 0.704. The van der Waals surface area contributed by atoms with Gasteiger partial charge in [-0.05, 0) is 32.6 Å². The average Bonchev–Trinajstić information content (AvgIpc) is 2.08. The first-order valence-corrected chi connectivity index (χ1v) is 5.10. The Morgan fingerprint density at radius 2 is 2.15 bits per heavy atom. The number of amides is 1. The molecule has 0 saturated carbocycles. The number of piperidine rings is 1. The van der Waals surface area contributed by atoms with E-state index < -0.39 is 0 Å². The van der Waals surface area contributed by atoms with Gasteiger partial charge in [-0.1, -0.05) is 6.92 Å². The zero-order chi connectivity index (χ0) is 10.0. The number of rotatable bonds is 1. The SMILES string of the molecule is CC(N)C(=O)N1CCCC(C)C1C. The van der Waals surface area contributed by atoms with E-state index >= 15 is 0 Å². The van der Waals surface area contributed by atoms with Crippen LogP contribution in [0, 0.1) is 5.92 Å². The van der Waals surface area contributed by atoms with E-state index in [0.717, 1.165) is 13.0 Å². The van der Waals surface area contributed by atoms with E-state index in [1.54, 1.807) is 6.92 Å². The lowest BCUT2D eigenvalue weighted by atomic mass is 9.91. The molecular weight excluding hydrogens is 164 g/mol. The van der Waals surface area contributed by atoms with E-state index in [9.17, 15) is 4.79 Å². The average molecular weight is 184 g/mol. The Bertz CT molecular complexity index is 191. The minimum Gasteiger partial charge on any atom is -0.338 e. The van der Waals surface area contributed by atoms with Crippen LogP contribution in [0.1, 0.15) is 33.6 Å². The number of likely N-dealkylation sites (tertiary alicyclic amines) is 1. The van der Waals surface area contributed by atoms with Crippen LogP contribution in [0.2, 0.25) is 0 Å². The standard InChI is InChI=1S/C10H20N2O/c1-7-5-4-6-12(9(7)3)10(13)8(2)11/h7-9H,4-6,11H2,1-3H3. The van der Waals surface area contributed by atoms with Crippen LogP contribution in [-0.4, -0.2) is 29.4 Å². The van der Waals surface area contributed by atoms with Crippen molar-refractivity contribution in [2.24, 2.45) is 11.7 Å². The van der Waals surface area contributed by atoms with Gasteiger partial charge in [0.05, 0.1) is 6.04 Å². The normalized spacial score (nSPS) is 31.5. The Hall–Kier alpha value is -0.570. The lowest BCUT2D eigenvalue weighted by molar-refractivity contribution is -0.136. The predicted molar refractivity (Wildman–Crippen MR) is 53.2 cm³/mol. The van der Waals surface area contributed by atoms with E-state index in [2.05, 4.69) is 13.8 Å². The summed E-state index contributed by atoms with van der Waals surface area (Å²) in [5.41, 5.74) is 5.58. The highest BCUT2D eigenvalue weighted by atomic mass is 16.2. The van der Waals surface area contributed by atoms with Gasteiger partial charge in [-0.3, -0.25) is 4.79 Å². The quantitative estimate of drug-likeness (QED) is 0.660. The first-order valence-electron chi connectivity index (χ1n) is 5.10. The van der Waals surface area contributed by atoms with Gasteiger partial charge >= 0.3 is 0 Å². The molecule has 2 N–H and O–H groups in total. The maximum Gasteiger partial charge on any atom is 0.239 e. The van der Waals surface area contributed by atoms with Crippen LogP contribution in [0.5, 0.6) is 0 Å². The first-order chi connectivity index (χ1) is 6.04. The van der Waals surface area contributed by atoms with Crippen LogP contribution in [-0.2, 0) is 4.79 Å². The smallest absolute Gasteiger partial charge is 0.239 e. The third kappa shape index (κ3) is 2.21. The molecule has 0 aromatic heterocycles. The molecule has 0 aromatic carbocycles. The summed E-state index contributed by atoms with van der Waals surface area (Å²) in [7, 11) is 0. The van der Waals surface area contributed by atoms with Crippen molar-refractivity contribution in [3.8, 4) is 0 Å². The Morgan fingerprint density at radius 1 is 1.54 bits per heavy atom. The Labute approximate surface area is 80.3 Å². The minimum atomic E-state index is -0.354. The van der Waals surface area contributed by atoms with Crippen molar-refractivity contribution in [1.29, 1.82) is 0 Å². The van der Waals surface area contributed by atoms with Crippen LogP contribution >= 0.6 is 0 Å². The number of hydrogen-bond acceptors (Lipinski definition) is 2. The molecule has 3 atom stereocenters. The van der Waals surface area contributed by atoms with Crippen LogP contribution in [0.15, 0.2) is 0 Å². The summed E-state index contributed by atoms with van der Waals surface area (Å²) in [6, 6.07) is -0.000000000000000444. The molecule has 0 radical (unpaired) electrons. The summed E-state index contributed by atoms with van der Waals surface area (Å²) in [4.78, 5) is 13.6. The van der Waals surface area contributed by atoms with Crippen molar-refractivity contribution in [3.05, 3.63) is 0 Å². The van der Waals surface area contributed by atoms with Gasteiger partial charge in [-0.15, -0.1) is 0 Å². The van der Waals surface area contributed by atoms with Crippen LogP contribution < -0.4 is 5.73 Å². The molecule has 1 amide bonds. The molecular formula is C10H20N2O. The maximum absolute atomic E-state index is 11.7. The summed E-state index contributed by atoms with van der Waals surface area (Å²) in [5, 5.41) is 0. The van der Waals surface area contributed by atoms with Gasteiger partial charge in [0, 0.05) is 12.6 Å². The summed E-state index contributed by atoms with van der Waals surface area (Å²) < 4.78 is 0. The van der Waals surface area contributed by atoms with Crippen molar-refractivity contribution >= 4 is 5.91 Å². The van der Waals surface area contributed by atoms with Crippen molar-refractivity contribution in [2.75, 3.05) is 6.54 Å². The van der Waals surface area contributed by atoms with Crippen LogP contribution in [0.25, 0.3) is 0 Å². The number of carbonyl (C=O) groups is 1. The Morgan fingerprint density at radius 3 is 2.69 bits per heavy atom. The zero-order valence-electron chi connectivity index (χ0n) is 8.79. The molecule has 3 nitrogen and oxygen atoms in total. The summed E-state index contributed by atoms with van der Waals surface area (Å²) in [6.45, 7) is 6.95. The largest absolute Gasteiger partial charge is 0.338 e. The fourth-order valence-corrected chi connectivity index (χ4v) is 1.91. The van der Waals surface area contributed by atoms with Gasteiger partial charge in [0.15, 0.2) is 0 Å². The third-order valence-corrected chi connectivity index (χ3v) is 3.05. The molecule has 1 heterocycles. The van der Waals surface area contributed by atoms with Gasteiger partial charge in [0.1, 0.15) is 0 Å². The maximum atomic E-state index is 11.7. The molecule has 1 fully saturated rings. The molecule has 1 rings (SSSR count). The monoisotopic (exact) mass is 184 g/mol. The van der Waals surface area contributed by atoms with E-state index in [1.165, 1.54) is 6.42 Å². The number of hydrogen-bond donors (Lipinski definition) is 1. The lowest BCUT2D eigenvalue weighted by Crippen LogP contribution is -2.51. The highest BCUT2D eigenvalue weighted by Gasteiger charge is 2.29. The van der Waals surface area contributed by atoms with Gasteiger partial charge < -0.3 is 10.6 Å². The molecule has 0 aliphatic carbocycles. The predicted octanol–water partition coefficient (Wildman–Crippen LogP) is 0.981. The molecule has 0 bridgehead atoms. The van der Waals surface area contributed by atoms with E-state index in [-0.39, 0.29) is 11.9 Å². The molecule has 1 aliphatic rings. The minimum absolute atomic E-state index is 0.0963. The second kappa shape index (κ2) is 4.09. The van der Waals surface area contributed by atoms with E-state index in [0.29, 0.717) is 12.0 Å². The molecule has 13 heavy (non-hydrogen) atoms. The number of nitrogens with two attached hydrogens (primary N) is 1. The fourth-order valence-electron chi connectivity index (χ4n) is 1.91. The van der Waals surface area contributed by atoms with Gasteiger partial charge in [0.25, 0.3) is 0 Å². The number of carbonyl (C=O) groups excluding carboxylic acids is 1. The molecule has 3 heteroatoms. The topological polar surface area (TPSA) is 46.3 Å². The van der Waals surface area contributed by atoms with E-state index in [1.807, 2.05) is 4.90 Å². The zero-order valence-corrected chi connectivity index (χ0v) is 8.79. The lowest BCUT2D eigenvalue weighted by Gasteiger charge is -2.38. The third-order valence-electron chi connectivity index (χ3n) is 3.05. The molecule has 0 spiro atoms. The highest BCUT2D eigenvalue weighted by Crippen LogP contribution is 2.22. The van der Waals surface area contributed by atoms with Crippen molar-refractivity contribution in [3.63, 3.8) is 0 Å². The Kier molecular flexibility index (Phi) is 3.31. The first kappa shape index (κ1) is 10.5. The second-order valence-electron chi connectivity index (χ2n) is 4.18. The van der Waals surface area contributed by atoms with E-state index in [4.69, 9.17) is 5.73 Å². The second-order valence-corrected chi connectivity index (χ2v) is 4.18. The Balaban J connectivity index is 2.62. The van der Waals surface area contributed by atoms with Gasteiger partial charge in [-0.2, -0.15) is 0 Å². The molecule has 3 unspecified atom stereocenters. The van der Waals surface area contributed by atoms with Gasteiger partial charge in [-0.25, -0.2) is 0 Å². The van der Waals surface area contributed by atoms with Crippen molar-refractivity contribution < 1.29 is 4.79 Å². The summed E-state index contributed by atoms with van der Waals surface area (Å²) >= 11 is 0. The van der Waals surface area contributed by atoms with Gasteiger partial charge in [0.2, 0.25) is 5.91 Å². The molecule has 1 aliphatic heterocycles.